The molecule has 0 saturated heterocycles. The standard InChI is InChI=1S/C19H25FN4/c1-3-21-19(22-12-10-16-6-8-18(20)9-7-16)23-13-11-17-5-4-15(2)24-14-17/h4-9,14H,3,10-13H2,1-2H3,(H2,21,22,23). The molecule has 0 bridgehead atoms. The number of pyridine rings is 1. The molecule has 128 valence electrons. The van der Waals surface area contributed by atoms with Crippen LogP contribution in [0.4, 0.5) is 4.39 Å². The molecule has 0 saturated carbocycles. The smallest absolute Gasteiger partial charge is 0.191 e. The fraction of sp³-hybridized carbons (Fsp3) is 0.368. The fourth-order valence-corrected chi connectivity index (χ4v) is 2.26. The number of hydrogen-bond donors (Lipinski definition) is 2. The van der Waals surface area contributed by atoms with E-state index in [4.69, 9.17) is 0 Å². The van der Waals surface area contributed by atoms with Gasteiger partial charge in [-0.25, -0.2) is 4.39 Å². The van der Waals surface area contributed by atoms with Gasteiger partial charge in [-0.3, -0.25) is 9.98 Å². The summed E-state index contributed by atoms with van der Waals surface area (Å²) >= 11 is 0. The summed E-state index contributed by atoms with van der Waals surface area (Å²) in [5.74, 6) is 0.600. The van der Waals surface area contributed by atoms with Crippen molar-refractivity contribution in [3.8, 4) is 0 Å². The second-order valence-electron chi connectivity index (χ2n) is 5.62. The van der Waals surface area contributed by atoms with E-state index >= 15 is 0 Å². The van der Waals surface area contributed by atoms with Crippen molar-refractivity contribution >= 4 is 5.96 Å². The highest BCUT2D eigenvalue weighted by Crippen LogP contribution is 2.03. The van der Waals surface area contributed by atoms with E-state index in [1.165, 1.54) is 17.7 Å². The van der Waals surface area contributed by atoms with E-state index in [0.717, 1.165) is 43.1 Å². The van der Waals surface area contributed by atoms with Gasteiger partial charge in [0, 0.05) is 31.5 Å². The van der Waals surface area contributed by atoms with Crippen molar-refractivity contribution in [2.75, 3.05) is 19.6 Å². The lowest BCUT2D eigenvalue weighted by Crippen LogP contribution is -2.38. The lowest BCUT2D eigenvalue weighted by molar-refractivity contribution is 0.627. The second kappa shape index (κ2) is 9.65. The highest BCUT2D eigenvalue weighted by Gasteiger charge is 1.99. The van der Waals surface area contributed by atoms with E-state index in [1.807, 2.05) is 26.1 Å². The summed E-state index contributed by atoms with van der Waals surface area (Å²) in [4.78, 5) is 8.86. The largest absolute Gasteiger partial charge is 0.357 e. The number of rotatable bonds is 7. The number of hydrogen-bond acceptors (Lipinski definition) is 2. The van der Waals surface area contributed by atoms with Crippen molar-refractivity contribution < 1.29 is 4.39 Å². The molecule has 5 heteroatoms. The molecule has 1 aromatic heterocycles. The maximum Gasteiger partial charge on any atom is 0.191 e. The molecule has 0 spiro atoms. The number of guanidine groups is 1. The van der Waals surface area contributed by atoms with Crippen molar-refractivity contribution in [2.45, 2.75) is 26.7 Å². The van der Waals surface area contributed by atoms with Crippen LogP contribution in [0.2, 0.25) is 0 Å². The van der Waals surface area contributed by atoms with Crippen molar-refractivity contribution in [1.29, 1.82) is 0 Å². The Labute approximate surface area is 143 Å². The Morgan fingerprint density at radius 1 is 1.04 bits per heavy atom. The summed E-state index contributed by atoms with van der Waals surface area (Å²) in [7, 11) is 0. The molecule has 2 N–H and O–H groups in total. The Balaban J connectivity index is 1.79. The van der Waals surface area contributed by atoms with E-state index in [2.05, 4.69) is 26.7 Å². The van der Waals surface area contributed by atoms with Gasteiger partial charge in [-0.05, 0) is 56.0 Å². The molecule has 0 atom stereocenters. The minimum atomic E-state index is -0.206. The average Bonchev–Trinajstić information content (AvgIpc) is 2.58. The lowest BCUT2D eigenvalue weighted by atomic mass is 10.1. The van der Waals surface area contributed by atoms with Crippen LogP contribution < -0.4 is 10.6 Å². The van der Waals surface area contributed by atoms with Gasteiger partial charge in [-0.2, -0.15) is 0 Å². The van der Waals surface area contributed by atoms with Gasteiger partial charge in [0.25, 0.3) is 0 Å². The van der Waals surface area contributed by atoms with Crippen LogP contribution in [0, 0.1) is 12.7 Å². The fourth-order valence-electron chi connectivity index (χ4n) is 2.26. The molecule has 0 aliphatic heterocycles. The molecule has 0 unspecified atom stereocenters. The summed E-state index contributed by atoms with van der Waals surface area (Å²) in [6.45, 7) is 6.30. The molecule has 2 aromatic rings. The Kier molecular flexibility index (Phi) is 7.21. The van der Waals surface area contributed by atoms with Gasteiger partial charge in [0.1, 0.15) is 5.82 Å². The van der Waals surface area contributed by atoms with Crippen LogP contribution in [0.15, 0.2) is 47.6 Å². The molecule has 0 fully saturated rings. The first kappa shape index (κ1) is 17.9. The van der Waals surface area contributed by atoms with Crippen LogP contribution in [0.3, 0.4) is 0 Å². The van der Waals surface area contributed by atoms with E-state index in [-0.39, 0.29) is 5.82 Å². The first-order chi connectivity index (χ1) is 11.7. The molecule has 0 radical (unpaired) electrons. The number of benzene rings is 1. The van der Waals surface area contributed by atoms with E-state index < -0.39 is 0 Å². The molecule has 4 nitrogen and oxygen atoms in total. The predicted octanol–water partition coefficient (Wildman–Crippen LogP) is 2.87. The van der Waals surface area contributed by atoms with Gasteiger partial charge in [-0.1, -0.05) is 18.2 Å². The van der Waals surface area contributed by atoms with Crippen LogP contribution >= 0.6 is 0 Å². The molecule has 2 rings (SSSR count). The van der Waals surface area contributed by atoms with Crippen LogP contribution in [-0.2, 0) is 12.8 Å². The summed E-state index contributed by atoms with van der Waals surface area (Å²) in [5.41, 5.74) is 3.32. The lowest BCUT2D eigenvalue weighted by Gasteiger charge is -2.11. The predicted molar refractivity (Wildman–Crippen MR) is 96.8 cm³/mol. The minimum Gasteiger partial charge on any atom is -0.357 e. The summed E-state index contributed by atoms with van der Waals surface area (Å²) in [6, 6.07) is 10.7. The number of aryl methyl sites for hydroxylation is 1. The van der Waals surface area contributed by atoms with Crippen molar-refractivity contribution in [2.24, 2.45) is 4.99 Å². The molecule has 24 heavy (non-hydrogen) atoms. The van der Waals surface area contributed by atoms with Crippen molar-refractivity contribution in [1.82, 2.24) is 15.6 Å². The number of nitrogens with one attached hydrogen (secondary N) is 2. The van der Waals surface area contributed by atoms with Crippen molar-refractivity contribution in [3.05, 3.63) is 65.2 Å². The third-order valence-corrected chi connectivity index (χ3v) is 3.61. The molecule has 0 aliphatic rings. The summed E-state index contributed by atoms with van der Waals surface area (Å²) in [6.07, 6.45) is 3.60. The van der Waals surface area contributed by atoms with Gasteiger partial charge in [0.15, 0.2) is 5.96 Å². The van der Waals surface area contributed by atoms with Gasteiger partial charge >= 0.3 is 0 Å². The maximum absolute atomic E-state index is 12.9. The summed E-state index contributed by atoms with van der Waals surface area (Å²) < 4.78 is 12.9. The SMILES string of the molecule is CCNC(=NCCc1ccc(F)cc1)NCCc1ccc(C)nc1. The maximum atomic E-state index is 12.9. The van der Waals surface area contributed by atoms with Gasteiger partial charge in [-0.15, -0.1) is 0 Å². The van der Waals surface area contributed by atoms with E-state index in [9.17, 15) is 4.39 Å². The first-order valence-electron chi connectivity index (χ1n) is 8.35. The Morgan fingerprint density at radius 3 is 2.46 bits per heavy atom. The molecule has 1 aromatic carbocycles. The zero-order valence-electron chi connectivity index (χ0n) is 14.3. The zero-order valence-corrected chi connectivity index (χ0v) is 14.3. The Bertz CT molecular complexity index is 635. The quantitative estimate of drug-likeness (QED) is 0.607. The van der Waals surface area contributed by atoms with E-state index in [1.54, 1.807) is 12.1 Å². The topological polar surface area (TPSA) is 49.3 Å². The van der Waals surface area contributed by atoms with Crippen LogP contribution in [-0.4, -0.2) is 30.6 Å². The van der Waals surface area contributed by atoms with Gasteiger partial charge in [0.05, 0.1) is 0 Å². The second-order valence-corrected chi connectivity index (χ2v) is 5.62. The third-order valence-electron chi connectivity index (χ3n) is 3.61. The number of aromatic nitrogens is 1. The van der Waals surface area contributed by atoms with Crippen LogP contribution in [0.5, 0.6) is 0 Å². The Hall–Kier alpha value is -2.43. The molecular weight excluding hydrogens is 303 g/mol. The monoisotopic (exact) mass is 328 g/mol. The number of nitrogens with zero attached hydrogens (tertiary/aromatic N) is 2. The molecule has 1 heterocycles. The van der Waals surface area contributed by atoms with E-state index in [0.29, 0.717) is 6.54 Å². The molecule has 0 amide bonds. The average molecular weight is 328 g/mol. The molecular formula is C19H25FN4. The molecule has 0 aliphatic carbocycles. The minimum absolute atomic E-state index is 0.206. The normalized spacial score (nSPS) is 11.4. The van der Waals surface area contributed by atoms with Gasteiger partial charge in [0.2, 0.25) is 0 Å². The van der Waals surface area contributed by atoms with Crippen LogP contribution in [0.1, 0.15) is 23.7 Å². The highest BCUT2D eigenvalue weighted by molar-refractivity contribution is 5.79. The first-order valence-corrected chi connectivity index (χ1v) is 8.35. The number of halogens is 1. The number of aliphatic imine (C=N–C) groups is 1. The Morgan fingerprint density at radius 2 is 1.79 bits per heavy atom. The third kappa shape index (κ3) is 6.36. The summed E-state index contributed by atoms with van der Waals surface area (Å²) in [5, 5.41) is 6.57. The van der Waals surface area contributed by atoms with Crippen LogP contribution in [0.25, 0.3) is 0 Å². The van der Waals surface area contributed by atoms with Gasteiger partial charge < -0.3 is 10.6 Å². The van der Waals surface area contributed by atoms with Crippen molar-refractivity contribution in [3.63, 3.8) is 0 Å². The zero-order chi connectivity index (χ0) is 17.2. The highest BCUT2D eigenvalue weighted by atomic mass is 19.1.